The molecule has 0 spiro atoms. The second-order valence-electron chi connectivity index (χ2n) is 13.3. The molecule has 2 aliphatic heterocycles. The third-order valence-corrected chi connectivity index (χ3v) is 9.82. The number of rotatable bonds is 13. The highest BCUT2D eigenvalue weighted by molar-refractivity contribution is 7.02. The van der Waals surface area contributed by atoms with Crippen molar-refractivity contribution in [3.8, 4) is 18.1 Å². The van der Waals surface area contributed by atoms with Gasteiger partial charge in [0.05, 0.1) is 17.9 Å². The largest absolute Gasteiger partial charge is 0.481 e. The number of hydrogen-bond donors (Lipinski definition) is 0. The summed E-state index contributed by atoms with van der Waals surface area (Å²) >= 11 is 17.7. The molecule has 3 heterocycles. The van der Waals surface area contributed by atoms with Gasteiger partial charge in [-0.2, -0.15) is 4.37 Å². The third-order valence-electron chi connectivity index (χ3n) is 8.44. The van der Waals surface area contributed by atoms with Crippen LogP contribution in [0, 0.1) is 30.5 Å². The van der Waals surface area contributed by atoms with E-state index in [2.05, 4.69) is 49.2 Å². The Bertz CT molecular complexity index is 1980. The van der Waals surface area contributed by atoms with Crippen molar-refractivity contribution in [3.05, 3.63) is 83.2 Å². The zero-order valence-corrected chi connectivity index (χ0v) is 35.4. The minimum atomic E-state index is -1.01. The van der Waals surface area contributed by atoms with Crippen molar-refractivity contribution in [3.63, 3.8) is 0 Å². The van der Waals surface area contributed by atoms with E-state index in [0.717, 1.165) is 42.0 Å². The summed E-state index contributed by atoms with van der Waals surface area (Å²) < 4.78 is 31.7. The molecule has 2 aromatic carbocycles. The van der Waals surface area contributed by atoms with Gasteiger partial charge in [-0.05, 0) is 42.9 Å². The number of halogens is 4. The summed E-state index contributed by atoms with van der Waals surface area (Å²) in [4.78, 5) is 43.8. The zero-order chi connectivity index (χ0) is 41.6. The minimum absolute atomic E-state index is 0.0371. The van der Waals surface area contributed by atoms with Crippen LogP contribution in [0.2, 0.25) is 0 Å². The van der Waals surface area contributed by atoms with E-state index >= 15 is 0 Å². The monoisotopic (exact) mass is 848 g/mol. The SMILES string of the molecule is C#CCN1C(=O)COc2cc(F)c(N=c3snc4n3CC(C)(C)C4)cc21.C=CCN(CC=C)C(=O)C(Cl)Cl.CCOCN(C(=O)CCl)c1c(C)cccc1CC. The highest BCUT2D eigenvalue weighted by atomic mass is 35.5. The predicted molar refractivity (Wildman–Crippen MR) is 224 cm³/mol. The molecular weight excluding hydrogens is 802 g/mol. The molecule has 2 aliphatic rings. The maximum Gasteiger partial charge on any atom is 0.265 e. The van der Waals surface area contributed by atoms with Crippen LogP contribution in [0.3, 0.4) is 0 Å². The van der Waals surface area contributed by atoms with E-state index in [1.807, 2.05) is 36.6 Å². The molecule has 0 unspecified atom stereocenters. The van der Waals surface area contributed by atoms with Crippen molar-refractivity contribution in [2.24, 2.45) is 10.4 Å². The fourth-order valence-electron chi connectivity index (χ4n) is 5.86. The van der Waals surface area contributed by atoms with Crippen LogP contribution in [0.15, 0.2) is 60.6 Å². The molecule has 0 saturated heterocycles. The average Bonchev–Trinajstić information content (AvgIpc) is 3.68. The van der Waals surface area contributed by atoms with E-state index in [9.17, 15) is 18.8 Å². The molecule has 3 amide bonds. The molecule has 0 saturated carbocycles. The van der Waals surface area contributed by atoms with Gasteiger partial charge < -0.3 is 18.9 Å². The molecule has 0 aliphatic carbocycles. The Balaban J connectivity index is 0.000000245. The van der Waals surface area contributed by atoms with Crippen molar-refractivity contribution in [2.75, 3.05) is 55.3 Å². The highest BCUT2D eigenvalue weighted by Crippen LogP contribution is 2.37. The van der Waals surface area contributed by atoms with E-state index < -0.39 is 10.7 Å². The molecule has 302 valence electrons. The Morgan fingerprint density at radius 3 is 2.52 bits per heavy atom. The maximum absolute atomic E-state index is 14.5. The number of carbonyl (C=O) groups is 3. The van der Waals surface area contributed by atoms with Crippen molar-refractivity contribution in [2.45, 2.75) is 58.8 Å². The lowest BCUT2D eigenvalue weighted by atomic mass is 9.92. The molecule has 5 rings (SSSR count). The van der Waals surface area contributed by atoms with Crippen LogP contribution >= 0.6 is 46.3 Å². The lowest BCUT2D eigenvalue weighted by molar-refractivity contribution is -0.128. The van der Waals surface area contributed by atoms with Crippen LogP contribution in [0.25, 0.3) is 0 Å². The molecule has 3 aromatic rings. The van der Waals surface area contributed by atoms with Gasteiger partial charge >= 0.3 is 0 Å². The maximum atomic E-state index is 14.5. The molecule has 16 heteroatoms. The number of alkyl halides is 3. The van der Waals surface area contributed by atoms with Crippen LogP contribution in [-0.4, -0.2) is 81.9 Å². The number of fused-ring (bicyclic) bond motifs is 2. The number of terminal acetylenes is 1. The normalized spacial score (nSPS) is 13.9. The molecular formula is C40H48Cl3FN6O5S. The topological polar surface area (TPSA) is 110 Å². The fourth-order valence-corrected chi connectivity index (χ4v) is 7.04. The number of ether oxygens (including phenoxy) is 2. The minimum Gasteiger partial charge on any atom is -0.481 e. The average molecular weight is 850 g/mol. The van der Waals surface area contributed by atoms with Crippen LogP contribution in [0.4, 0.5) is 21.5 Å². The summed E-state index contributed by atoms with van der Waals surface area (Å²) in [6, 6.07) is 8.78. The molecule has 11 nitrogen and oxygen atoms in total. The van der Waals surface area contributed by atoms with Gasteiger partial charge in [0.25, 0.3) is 11.8 Å². The Labute approximate surface area is 347 Å². The van der Waals surface area contributed by atoms with E-state index in [1.54, 1.807) is 17.1 Å². The molecule has 1 aromatic heterocycles. The number of nitrogens with zero attached hydrogens (tertiary/aromatic N) is 6. The van der Waals surface area contributed by atoms with Gasteiger partial charge in [-0.25, -0.2) is 9.38 Å². The van der Waals surface area contributed by atoms with E-state index in [4.69, 9.17) is 50.7 Å². The molecule has 0 N–H and O–H groups in total. The molecule has 0 bridgehead atoms. The molecule has 56 heavy (non-hydrogen) atoms. The molecule has 0 fully saturated rings. The summed E-state index contributed by atoms with van der Waals surface area (Å²) in [6.07, 6.45) is 10.3. The predicted octanol–water partition coefficient (Wildman–Crippen LogP) is 7.37. The Morgan fingerprint density at radius 1 is 1.23 bits per heavy atom. The van der Waals surface area contributed by atoms with Crippen molar-refractivity contribution in [1.29, 1.82) is 0 Å². The summed E-state index contributed by atoms with van der Waals surface area (Å²) in [5.41, 5.74) is 3.80. The van der Waals surface area contributed by atoms with Gasteiger partial charge in [-0.3, -0.25) is 24.2 Å². The quantitative estimate of drug-likeness (QED) is 0.0770. The van der Waals surface area contributed by atoms with Gasteiger partial charge in [0.15, 0.2) is 17.3 Å². The number of aromatic nitrogens is 2. The van der Waals surface area contributed by atoms with Gasteiger partial charge in [0.2, 0.25) is 10.7 Å². The fraction of sp³-hybridized carbons (Fsp3) is 0.425. The number of aryl methyl sites for hydroxylation is 2. The Hall–Kier alpha value is -4.19. The Kier molecular flexibility index (Phi) is 18.1. The first kappa shape index (κ1) is 46.2. The second-order valence-corrected chi connectivity index (χ2v) is 15.4. The number of anilines is 2. The Morgan fingerprint density at radius 2 is 1.93 bits per heavy atom. The first-order chi connectivity index (χ1) is 26.7. The lowest BCUT2D eigenvalue weighted by Gasteiger charge is -2.28. The summed E-state index contributed by atoms with van der Waals surface area (Å²) in [7, 11) is 0. The number of hydrogen-bond acceptors (Lipinski definition) is 8. The molecule has 0 radical (unpaired) electrons. The first-order valence-corrected chi connectivity index (χ1v) is 20.0. The number of para-hydroxylation sites is 1. The lowest BCUT2D eigenvalue weighted by Crippen LogP contribution is -2.39. The van der Waals surface area contributed by atoms with E-state index in [-0.39, 0.29) is 54.6 Å². The van der Waals surface area contributed by atoms with Gasteiger partial charge in [-0.15, -0.1) is 31.2 Å². The standard InChI is InChI=1S/C18H17FN4O2S.C14H20ClNO2.C8H11Cl2NO/c1-4-5-22-13-7-12(11(19)6-14(13)25-9-16(22)24)20-17-23-10-18(2,3)8-15(23)21-26-17;1-4-12-8-6-7-11(3)14(12)16(10-18-5-2)13(17)9-15;1-3-5-11(6-4-2)8(12)7(9)10/h1,6-7H,5,8-10H2,2-3H3;6-8H,4-5,9-10H2,1-3H3;3-4,7H,1-2,5-6H2. The van der Waals surface area contributed by atoms with E-state index in [0.29, 0.717) is 35.9 Å². The number of carbonyl (C=O) groups excluding carboxylic acids is 3. The third kappa shape index (κ3) is 12.2. The van der Waals surface area contributed by atoms with Gasteiger partial charge in [-0.1, -0.05) is 80.2 Å². The van der Waals surface area contributed by atoms with Crippen molar-refractivity contribution in [1.82, 2.24) is 13.8 Å². The van der Waals surface area contributed by atoms with Crippen molar-refractivity contribution >= 4 is 81.1 Å². The van der Waals surface area contributed by atoms with Gasteiger partial charge in [0, 0.05) is 50.3 Å². The number of amides is 3. The second kappa shape index (κ2) is 21.9. The smallest absolute Gasteiger partial charge is 0.265 e. The van der Waals surface area contributed by atoms with Crippen molar-refractivity contribution < 1.29 is 28.2 Å². The van der Waals surface area contributed by atoms with E-state index in [1.165, 1.54) is 33.5 Å². The van der Waals surface area contributed by atoms with Crippen LogP contribution in [-0.2, 0) is 38.5 Å². The van der Waals surface area contributed by atoms with Crippen LogP contribution in [0.1, 0.15) is 44.6 Å². The number of benzene rings is 2. The summed E-state index contributed by atoms with van der Waals surface area (Å²) in [6.45, 7) is 19.7. The van der Waals surface area contributed by atoms with Gasteiger partial charge in [0.1, 0.15) is 29.9 Å². The highest BCUT2D eigenvalue weighted by Gasteiger charge is 2.31. The molecule has 0 atom stereocenters. The zero-order valence-electron chi connectivity index (χ0n) is 32.3. The summed E-state index contributed by atoms with van der Waals surface area (Å²) in [5.74, 6) is 2.43. The first-order valence-electron chi connectivity index (χ1n) is 17.8. The van der Waals surface area contributed by atoms with Crippen LogP contribution < -0.4 is 19.3 Å². The van der Waals surface area contributed by atoms with Crippen LogP contribution in [0.5, 0.6) is 5.75 Å². The summed E-state index contributed by atoms with van der Waals surface area (Å²) in [5, 5.41) is 0.